The number of nitrogens with one attached hydrogen (secondary N) is 2. The molecule has 0 amide bonds. The Morgan fingerprint density at radius 3 is 2.67 bits per heavy atom. The summed E-state index contributed by atoms with van der Waals surface area (Å²) in [5.74, 6) is 4.05. The molecule has 1 aromatic heterocycles. The highest BCUT2D eigenvalue weighted by molar-refractivity contribution is 5.79. The van der Waals surface area contributed by atoms with Gasteiger partial charge in [0.15, 0.2) is 29.0 Å². The molecule has 3 aromatic rings. The summed E-state index contributed by atoms with van der Waals surface area (Å²) in [5, 5.41) is 6.62. The number of nitrogens with zero attached hydrogens (tertiary/aromatic N) is 2. The Labute approximate surface area is 193 Å². The minimum absolute atomic E-state index is 0.264. The van der Waals surface area contributed by atoms with E-state index in [0.717, 1.165) is 29.0 Å². The van der Waals surface area contributed by atoms with Gasteiger partial charge in [-0.2, -0.15) is 0 Å². The van der Waals surface area contributed by atoms with Gasteiger partial charge < -0.3 is 29.6 Å². The monoisotopic (exact) mass is 448 g/mol. The Morgan fingerprint density at radius 2 is 1.82 bits per heavy atom. The van der Waals surface area contributed by atoms with Gasteiger partial charge in [-0.25, -0.2) is 4.98 Å². The number of aliphatic imine (C=N–C) groups is 1. The zero-order chi connectivity index (χ0) is 22.9. The molecule has 0 unspecified atom stereocenters. The molecule has 1 aliphatic rings. The second kappa shape index (κ2) is 11.1. The molecule has 0 atom stereocenters. The first-order chi connectivity index (χ1) is 16.3. The molecule has 8 nitrogen and oxygen atoms in total. The molecular formula is C25H28N4O4. The molecule has 0 radical (unpaired) electrons. The lowest BCUT2D eigenvalue weighted by atomic mass is 10.2. The van der Waals surface area contributed by atoms with Crippen LogP contribution >= 0.6 is 0 Å². The van der Waals surface area contributed by atoms with Crippen LogP contribution in [0.5, 0.6) is 28.9 Å². The minimum Gasteiger partial charge on any atom is -0.490 e. The maximum Gasteiger partial charge on any atom is 0.231 e. The largest absolute Gasteiger partial charge is 0.490 e. The van der Waals surface area contributed by atoms with Crippen molar-refractivity contribution in [2.24, 2.45) is 4.99 Å². The van der Waals surface area contributed by atoms with E-state index in [9.17, 15) is 0 Å². The zero-order valence-corrected chi connectivity index (χ0v) is 18.8. The summed E-state index contributed by atoms with van der Waals surface area (Å²) >= 11 is 0. The number of ether oxygens (including phenoxy) is 4. The van der Waals surface area contributed by atoms with E-state index in [4.69, 9.17) is 18.9 Å². The predicted molar refractivity (Wildman–Crippen MR) is 126 cm³/mol. The highest BCUT2D eigenvalue weighted by atomic mass is 16.7. The molecule has 1 aliphatic heterocycles. The van der Waals surface area contributed by atoms with Crippen LogP contribution in [0.4, 0.5) is 0 Å². The van der Waals surface area contributed by atoms with Crippen LogP contribution in [0.1, 0.15) is 24.5 Å². The van der Waals surface area contributed by atoms with Gasteiger partial charge >= 0.3 is 0 Å². The fourth-order valence-corrected chi connectivity index (χ4v) is 3.26. The number of benzene rings is 2. The van der Waals surface area contributed by atoms with E-state index in [0.29, 0.717) is 43.0 Å². The van der Waals surface area contributed by atoms with E-state index in [1.807, 2.05) is 54.6 Å². The molecule has 0 spiro atoms. The van der Waals surface area contributed by atoms with E-state index >= 15 is 0 Å². The first kappa shape index (κ1) is 22.3. The standard InChI is InChI=1S/C25H28N4O4/c1-3-13-30-20-8-4-5-9-22(20)33-24-19(7-6-12-27-24)16-29-25(26-2)28-15-18-10-11-21-23(14-18)32-17-31-21/h4-12,14H,3,13,15-17H2,1-2H3,(H2,26,28,29). The lowest BCUT2D eigenvalue weighted by Gasteiger charge is -2.15. The molecule has 0 bridgehead atoms. The van der Waals surface area contributed by atoms with Gasteiger partial charge in [-0.3, -0.25) is 4.99 Å². The van der Waals surface area contributed by atoms with Crippen molar-refractivity contribution in [1.82, 2.24) is 15.6 Å². The molecule has 0 saturated heterocycles. The van der Waals surface area contributed by atoms with Gasteiger partial charge in [0.05, 0.1) is 6.61 Å². The average molecular weight is 449 g/mol. The van der Waals surface area contributed by atoms with E-state index in [2.05, 4.69) is 27.5 Å². The normalized spacial score (nSPS) is 12.4. The third-order valence-corrected chi connectivity index (χ3v) is 4.93. The Morgan fingerprint density at radius 1 is 1.00 bits per heavy atom. The highest BCUT2D eigenvalue weighted by Gasteiger charge is 2.14. The number of hydrogen-bond donors (Lipinski definition) is 2. The van der Waals surface area contributed by atoms with Crippen molar-refractivity contribution in [2.75, 3.05) is 20.4 Å². The van der Waals surface area contributed by atoms with Crippen molar-refractivity contribution in [1.29, 1.82) is 0 Å². The van der Waals surface area contributed by atoms with Crippen molar-refractivity contribution < 1.29 is 18.9 Å². The molecule has 0 aliphatic carbocycles. The maximum absolute atomic E-state index is 6.11. The molecule has 33 heavy (non-hydrogen) atoms. The predicted octanol–water partition coefficient (Wildman–Crippen LogP) is 4.26. The summed E-state index contributed by atoms with van der Waals surface area (Å²) in [7, 11) is 1.73. The van der Waals surface area contributed by atoms with Gasteiger partial charge in [0.25, 0.3) is 0 Å². The van der Waals surface area contributed by atoms with Gasteiger partial charge in [-0.15, -0.1) is 0 Å². The van der Waals surface area contributed by atoms with Gasteiger partial charge in [0.1, 0.15) is 0 Å². The van der Waals surface area contributed by atoms with Gasteiger partial charge in [-0.1, -0.05) is 31.2 Å². The molecule has 0 saturated carbocycles. The number of aromatic nitrogens is 1. The van der Waals surface area contributed by atoms with Crippen LogP contribution in [0, 0.1) is 0 Å². The van der Waals surface area contributed by atoms with E-state index in [-0.39, 0.29) is 6.79 Å². The van der Waals surface area contributed by atoms with Crippen molar-refractivity contribution in [2.45, 2.75) is 26.4 Å². The van der Waals surface area contributed by atoms with E-state index in [1.165, 1.54) is 0 Å². The fourth-order valence-electron chi connectivity index (χ4n) is 3.26. The number of guanidine groups is 1. The molecule has 0 fully saturated rings. The van der Waals surface area contributed by atoms with Crippen LogP contribution < -0.4 is 29.6 Å². The average Bonchev–Trinajstić information content (AvgIpc) is 3.32. The smallest absolute Gasteiger partial charge is 0.231 e. The maximum atomic E-state index is 6.11. The van der Waals surface area contributed by atoms with Crippen LogP contribution in [0.25, 0.3) is 0 Å². The first-order valence-electron chi connectivity index (χ1n) is 10.9. The molecular weight excluding hydrogens is 420 g/mol. The molecule has 2 N–H and O–H groups in total. The van der Waals surface area contributed by atoms with Crippen LogP contribution in [0.15, 0.2) is 65.8 Å². The number of rotatable bonds is 9. The van der Waals surface area contributed by atoms with Crippen molar-refractivity contribution >= 4 is 5.96 Å². The van der Waals surface area contributed by atoms with E-state index < -0.39 is 0 Å². The summed E-state index contributed by atoms with van der Waals surface area (Å²) in [4.78, 5) is 8.73. The number of pyridine rings is 1. The Hall–Kier alpha value is -3.94. The minimum atomic E-state index is 0.264. The summed E-state index contributed by atoms with van der Waals surface area (Å²) < 4.78 is 22.7. The topological polar surface area (TPSA) is 86.2 Å². The Balaban J connectivity index is 1.37. The second-order valence-corrected chi connectivity index (χ2v) is 7.33. The molecule has 2 aromatic carbocycles. The van der Waals surface area contributed by atoms with Crippen molar-refractivity contribution in [3.63, 3.8) is 0 Å². The van der Waals surface area contributed by atoms with Gasteiger partial charge in [-0.05, 0) is 42.3 Å². The zero-order valence-electron chi connectivity index (χ0n) is 18.8. The summed E-state index contributed by atoms with van der Waals surface area (Å²) in [6.07, 6.45) is 2.63. The SMILES string of the molecule is CCCOc1ccccc1Oc1ncccc1CNC(=NC)NCc1ccc2c(c1)OCO2. The van der Waals surface area contributed by atoms with Gasteiger partial charge in [0.2, 0.25) is 12.7 Å². The van der Waals surface area contributed by atoms with Gasteiger partial charge in [0, 0.05) is 31.9 Å². The Bertz CT molecular complexity index is 1100. The quantitative estimate of drug-likeness (QED) is 0.374. The number of fused-ring (bicyclic) bond motifs is 1. The second-order valence-electron chi connectivity index (χ2n) is 7.33. The first-order valence-corrected chi connectivity index (χ1v) is 10.9. The highest BCUT2D eigenvalue weighted by Crippen LogP contribution is 2.33. The molecule has 4 rings (SSSR count). The van der Waals surface area contributed by atoms with Crippen LogP contribution in [0.3, 0.4) is 0 Å². The fraction of sp³-hybridized carbons (Fsp3) is 0.280. The van der Waals surface area contributed by atoms with Crippen LogP contribution in [-0.4, -0.2) is 31.4 Å². The van der Waals surface area contributed by atoms with E-state index in [1.54, 1.807) is 13.2 Å². The number of hydrogen-bond acceptors (Lipinski definition) is 6. The van der Waals surface area contributed by atoms with Crippen LogP contribution in [-0.2, 0) is 13.1 Å². The summed E-state index contributed by atoms with van der Waals surface area (Å²) in [5.41, 5.74) is 1.96. The Kier molecular flexibility index (Phi) is 7.48. The third kappa shape index (κ3) is 5.85. The number of para-hydroxylation sites is 2. The lowest BCUT2D eigenvalue weighted by molar-refractivity contribution is 0.174. The van der Waals surface area contributed by atoms with Crippen LogP contribution in [0.2, 0.25) is 0 Å². The summed E-state index contributed by atoms with van der Waals surface area (Å²) in [6, 6.07) is 17.3. The lowest BCUT2D eigenvalue weighted by Crippen LogP contribution is -2.36. The summed E-state index contributed by atoms with van der Waals surface area (Å²) in [6.45, 7) is 4.04. The molecule has 172 valence electrons. The van der Waals surface area contributed by atoms with Crippen molar-refractivity contribution in [3.8, 4) is 28.9 Å². The van der Waals surface area contributed by atoms with Crippen molar-refractivity contribution in [3.05, 3.63) is 71.9 Å². The molecule has 2 heterocycles. The molecule has 8 heteroatoms. The third-order valence-electron chi connectivity index (χ3n) is 4.93.